The average molecular weight is 408 g/mol. The Kier molecular flexibility index (Phi) is 6.33. The van der Waals surface area contributed by atoms with Crippen molar-refractivity contribution in [1.82, 2.24) is 4.90 Å². The number of hydrogen-bond donors (Lipinski definition) is 1. The highest BCUT2D eigenvalue weighted by Gasteiger charge is 2.17. The third-order valence-electron chi connectivity index (χ3n) is 6.00. The zero-order valence-corrected chi connectivity index (χ0v) is 17.5. The summed E-state index contributed by atoms with van der Waals surface area (Å²) in [7, 11) is 0. The lowest BCUT2D eigenvalue weighted by molar-refractivity contribution is -0.119. The first-order valence-electron chi connectivity index (χ1n) is 10.8. The molecule has 6 heteroatoms. The predicted octanol–water partition coefficient (Wildman–Crippen LogP) is 3.11. The quantitative estimate of drug-likeness (QED) is 0.746. The van der Waals surface area contributed by atoms with Crippen LogP contribution >= 0.6 is 0 Å². The lowest BCUT2D eigenvalue weighted by Crippen LogP contribution is -2.46. The molecule has 0 radical (unpaired) electrons. The summed E-state index contributed by atoms with van der Waals surface area (Å²) >= 11 is 0. The number of esters is 1. The van der Waals surface area contributed by atoms with Crippen molar-refractivity contribution in [1.29, 1.82) is 0 Å². The topological polar surface area (TPSA) is 61.9 Å². The van der Waals surface area contributed by atoms with Crippen molar-refractivity contribution < 1.29 is 14.3 Å². The molecule has 1 saturated heterocycles. The van der Waals surface area contributed by atoms with Crippen LogP contribution in [0, 0.1) is 0 Å². The Morgan fingerprint density at radius 2 is 1.70 bits per heavy atom. The number of benzene rings is 2. The fourth-order valence-corrected chi connectivity index (χ4v) is 4.19. The van der Waals surface area contributed by atoms with Gasteiger partial charge in [-0.1, -0.05) is 13.0 Å². The number of carbonyl (C=O) groups excluding carboxylic acids is 2. The summed E-state index contributed by atoms with van der Waals surface area (Å²) < 4.78 is 5.20. The molecule has 1 amide bonds. The number of amides is 1. The van der Waals surface area contributed by atoms with Gasteiger partial charge < -0.3 is 19.9 Å². The van der Waals surface area contributed by atoms with E-state index >= 15 is 0 Å². The van der Waals surface area contributed by atoms with Gasteiger partial charge in [0.2, 0.25) is 0 Å². The Hall–Kier alpha value is -2.86. The maximum Gasteiger partial charge on any atom is 0.338 e. The number of nitrogens with zero attached hydrogens (tertiary/aromatic N) is 2. The molecule has 4 rings (SSSR count). The highest BCUT2D eigenvalue weighted by atomic mass is 16.5. The number of anilines is 2. The molecule has 1 aliphatic heterocycles. The smallest absolute Gasteiger partial charge is 0.338 e. The standard InChI is InChI=1S/C24H29N3O3/c1-2-26-12-14-27(15-13-26)22-10-8-21(9-11-22)25-23(28)17-30-24(29)20-7-6-18-4-3-5-19(18)16-20/h6-11,16H,2-5,12-15,17H2,1H3,(H,25,28). The Bertz CT molecular complexity index is 902. The van der Waals surface area contributed by atoms with E-state index < -0.39 is 5.97 Å². The second kappa shape index (κ2) is 9.30. The van der Waals surface area contributed by atoms with Crippen molar-refractivity contribution in [3.05, 3.63) is 59.2 Å². The summed E-state index contributed by atoms with van der Waals surface area (Å²) in [5, 5.41) is 2.79. The molecule has 158 valence electrons. The summed E-state index contributed by atoms with van der Waals surface area (Å²) in [6, 6.07) is 13.5. The number of piperazine rings is 1. The lowest BCUT2D eigenvalue weighted by Gasteiger charge is -2.35. The maximum atomic E-state index is 12.3. The van der Waals surface area contributed by atoms with E-state index in [1.807, 2.05) is 36.4 Å². The van der Waals surface area contributed by atoms with Crippen LogP contribution in [0.15, 0.2) is 42.5 Å². The van der Waals surface area contributed by atoms with Crippen LogP contribution in [0.1, 0.15) is 34.8 Å². The van der Waals surface area contributed by atoms with Gasteiger partial charge in [0, 0.05) is 37.6 Å². The molecule has 2 aliphatic rings. The first kappa shape index (κ1) is 20.4. The summed E-state index contributed by atoms with van der Waals surface area (Å²) in [4.78, 5) is 29.2. The van der Waals surface area contributed by atoms with E-state index in [1.54, 1.807) is 6.07 Å². The van der Waals surface area contributed by atoms with Crippen molar-refractivity contribution in [2.24, 2.45) is 0 Å². The van der Waals surface area contributed by atoms with Crippen molar-refractivity contribution in [2.75, 3.05) is 49.5 Å². The largest absolute Gasteiger partial charge is 0.452 e. The predicted molar refractivity (Wildman–Crippen MR) is 118 cm³/mol. The molecule has 1 heterocycles. The molecule has 1 N–H and O–H groups in total. The first-order chi connectivity index (χ1) is 14.6. The second-order valence-corrected chi connectivity index (χ2v) is 7.93. The Morgan fingerprint density at radius 1 is 0.967 bits per heavy atom. The van der Waals surface area contributed by atoms with Crippen LogP contribution in [0.4, 0.5) is 11.4 Å². The number of rotatable bonds is 6. The van der Waals surface area contributed by atoms with E-state index in [2.05, 4.69) is 22.0 Å². The number of nitrogens with one attached hydrogen (secondary N) is 1. The van der Waals surface area contributed by atoms with E-state index in [0.717, 1.165) is 57.7 Å². The minimum absolute atomic E-state index is 0.295. The van der Waals surface area contributed by atoms with Crippen molar-refractivity contribution in [3.63, 3.8) is 0 Å². The number of fused-ring (bicyclic) bond motifs is 1. The van der Waals surface area contributed by atoms with Crippen molar-refractivity contribution in [2.45, 2.75) is 26.2 Å². The van der Waals surface area contributed by atoms with Crippen LogP contribution in [-0.4, -0.2) is 56.1 Å². The molecule has 0 unspecified atom stereocenters. The molecular weight excluding hydrogens is 378 g/mol. The van der Waals surface area contributed by atoms with Crippen molar-refractivity contribution in [3.8, 4) is 0 Å². The van der Waals surface area contributed by atoms with Gasteiger partial charge in [0.25, 0.3) is 5.91 Å². The molecule has 2 aromatic rings. The number of ether oxygens (including phenoxy) is 1. The summed E-state index contributed by atoms with van der Waals surface area (Å²) in [5.41, 5.74) is 4.89. The minimum Gasteiger partial charge on any atom is -0.452 e. The highest BCUT2D eigenvalue weighted by molar-refractivity contribution is 5.95. The second-order valence-electron chi connectivity index (χ2n) is 7.93. The summed E-state index contributed by atoms with van der Waals surface area (Å²) in [5.74, 6) is -0.796. The molecule has 1 fully saturated rings. The third-order valence-corrected chi connectivity index (χ3v) is 6.00. The van der Waals surface area contributed by atoms with Crippen LogP contribution in [0.3, 0.4) is 0 Å². The fourth-order valence-electron chi connectivity index (χ4n) is 4.19. The molecule has 0 saturated carbocycles. The van der Waals surface area contributed by atoms with Gasteiger partial charge in [-0.2, -0.15) is 0 Å². The number of carbonyl (C=O) groups is 2. The molecule has 30 heavy (non-hydrogen) atoms. The van der Waals surface area contributed by atoms with Gasteiger partial charge in [0.05, 0.1) is 5.56 Å². The van der Waals surface area contributed by atoms with Gasteiger partial charge in [-0.3, -0.25) is 4.79 Å². The molecule has 2 aromatic carbocycles. The lowest BCUT2D eigenvalue weighted by atomic mass is 10.1. The molecule has 6 nitrogen and oxygen atoms in total. The van der Waals surface area contributed by atoms with E-state index in [-0.39, 0.29) is 12.5 Å². The van der Waals surface area contributed by atoms with Crippen LogP contribution in [0.2, 0.25) is 0 Å². The van der Waals surface area contributed by atoms with Crippen LogP contribution < -0.4 is 10.2 Å². The number of hydrogen-bond acceptors (Lipinski definition) is 5. The monoisotopic (exact) mass is 407 g/mol. The molecule has 0 spiro atoms. The van der Waals surface area contributed by atoms with E-state index in [9.17, 15) is 9.59 Å². The van der Waals surface area contributed by atoms with Gasteiger partial charge >= 0.3 is 5.97 Å². The average Bonchev–Trinajstić information content (AvgIpc) is 3.26. The van der Waals surface area contributed by atoms with E-state index in [1.165, 1.54) is 11.1 Å². The van der Waals surface area contributed by atoms with Gasteiger partial charge in [0.15, 0.2) is 6.61 Å². The highest BCUT2D eigenvalue weighted by Crippen LogP contribution is 2.23. The molecule has 1 aliphatic carbocycles. The third kappa shape index (κ3) is 4.82. The van der Waals surface area contributed by atoms with Gasteiger partial charge in [-0.15, -0.1) is 0 Å². The normalized spacial score (nSPS) is 16.2. The van der Waals surface area contributed by atoms with E-state index in [4.69, 9.17) is 4.74 Å². The summed E-state index contributed by atoms with van der Waals surface area (Å²) in [6.45, 7) is 7.16. The Labute approximate surface area is 177 Å². The van der Waals surface area contributed by atoms with Crippen LogP contribution in [0.5, 0.6) is 0 Å². The van der Waals surface area contributed by atoms with Gasteiger partial charge in [-0.05, 0) is 73.3 Å². The number of likely N-dealkylation sites (N-methyl/N-ethyl adjacent to an activating group) is 1. The maximum absolute atomic E-state index is 12.3. The summed E-state index contributed by atoms with van der Waals surface area (Å²) in [6.07, 6.45) is 3.20. The van der Waals surface area contributed by atoms with Gasteiger partial charge in [-0.25, -0.2) is 4.79 Å². The minimum atomic E-state index is -0.457. The van der Waals surface area contributed by atoms with Gasteiger partial charge in [0.1, 0.15) is 0 Å². The SMILES string of the molecule is CCN1CCN(c2ccc(NC(=O)COC(=O)c3ccc4c(c3)CCC4)cc2)CC1. The molecule has 0 atom stereocenters. The molecular formula is C24H29N3O3. The molecule has 0 aromatic heterocycles. The van der Waals surface area contributed by atoms with Crippen molar-refractivity contribution >= 4 is 23.3 Å². The zero-order valence-electron chi connectivity index (χ0n) is 17.5. The Morgan fingerprint density at radius 3 is 2.43 bits per heavy atom. The van der Waals surface area contributed by atoms with E-state index in [0.29, 0.717) is 11.3 Å². The van der Waals surface area contributed by atoms with Crippen LogP contribution in [-0.2, 0) is 22.4 Å². The zero-order chi connectivity index (χ0) is 20.9. The number of aryl methyl sites for hydroxylation is 2. The fraction of sp³-hybridized carbons (Fsp3) is 0.417. The molecule has 0 bridgehead atoms. The first-order valence-corrected chi connectivity index (χ1v) is 10.8. The van der Waals surface area contributed by atoms with Crippen LogP contribution in [0.25, 0.3) is 0 Å². The Balaban J connectivity index is 1.25.